The molecule has 0 aromatic carbocycles. The van der Waals surface area contributed by atoms with Crippen molar-refractivity contribution in [3.05, 3.63) is 0 Å². The van der Waals surface area contributed by atoms with E-state index < -0.39 is 29.8 Å². The van der Waals surface area contributed by atoms with Crippen LogP contribution < -0.4 is 10.6 Å². The van der Waals surface area contributed by atoms with Gasteiger partial charge in [0, 0.05) is 0 Å². The second kappa shape index (κ2) is 3.62. The fourth-order valence-corrected chi connectivity index (χ4v) is 1.29. The van der Waals surface area contributed by atoms with Crippen LogP contribution in [-0.2, 0) is 9.59 Å². The van der Waals surface area contributed by atoms with Crippen LogP contribution in [0.4, 0.5) is 13.2 Å². The molecule has 3 N–H and O–H groups in total. The van der Waals surface area contributed by atoms with Gasteiger partial charge in [-0.15, -0.1) is 0 Å². The number of carbonyl (C=O) groups excluding carboxylic acids is 2. The molecule has 0 unspecified atom stereocenters. The Morgan fingerprint density at radius 1 is 1.38 bits per heavy atom. The lowest BCUT2D eigenvalue weighted by Gasteiger charge is -2.37. The lowest BCUT2D eigenvalue weighted by Crippen LogP contribution is -2.75. The third-order valence-electron chi connectivity index (χ3n) is 2.28. The van der Waals surface area contributed by atoms with Gasteiger partial charge in [-0.05, 0) is 5.92 Å². The fraction of sp³-hybridized carbons (Fsp3) is 0.750. The molecular formula is C8H11F3N2O3. The maximum absolute atomic E-state index is 12.4. The molecule has 2 atom stereocenters. The summed E-state index contributed by atoms with van der Waals surface area (Å²) in [6.07, 6.45) is -5.26. The van der Waals surface area contributed by atoms with Crippen LogP contribution in [0.25, 0.3) is 0 Å². The summed E-state index contributed by atoms with van der Waals surface area (Å²) in [4.78, 5) is 22.4. The summed E-state index contributed by atoms with van der Waals surface area (Å²) in [5.74, 6) is -3.10. The molecule has 0 aromatic heterocycles. The third-order valence-corrected chi connectivity index (χ3v) is 2.28. The van der Waals surface area contributed by atoms with Crippen molar-refractivity contribution in [3.8, 4) is 0 Å². The number of alkyl halides is 3. The Balaban J connectivity index is 2.99. The zero-order valence-corrected chi connectivity index (χ0v) is 8.55. The lowest BCUT2D eigenvalue weighted by atomic mass is 9.98. The van der Waals surface area contributed by atoms with Crippen LogP contribution in [0.3, 0.4) is 0 Å². The lowest BCUT2D eigenvalue weighted by molar-refractivity contribution is -0.264. The highest BCUT2D eigenvalue weighted by molar-refractivity contribution is 5.99. The number of aliphatic hydroxyl groups is 1. The van der Waals surface area contributed by atoms with E-state index >= 15 is 0 Å². The Bertz CT molecular complexity index is 329. The SMILES string of the molecule is CC(C)[C@H]1NC(=O)[C@@](O)(C(F)(F)F)NC1=O. The Morgan fingerprint density at radius 2 is 1.88 bits per heavy atom. The zero-order valence-electron chi connectivity index (χ0n) is 8.55. The molecule has 0 saturated carbocycles. The van der Waals surface area contributed by atoms with Gasteiger partial charge in [0.15, 0.2) is 0 Å². The predicted octanol–water partition coefficient (Wildman–Crippen LogP) is -0.492. The molecule has 1 aliphatic heterocycles. The number of rotatable bonds is 1. The number of halogens is 3. The average molecular weight is 240 g/mol. The van der Waals surface area contributed by atoms with E-state index in [-0.39, 0.29) is 5.92 Å². The molecule has 0 aliphatic carbocycles. The standard InChI is InChI=1S/C8H11F3N2O3/c1-3(2)4-5(14)13-7(16,6(15)12-4)8(9,10)11/h3-4,16H,1-2H3,(H,12,15)(H,13,14)/t4-,7-/m1/s1. The van der Waals surface area contributed by atoms with E-state index in [1.165, 1.54) is 5.32 Å². The number of amides is 2. The van der Waals surface area contributed by atoms with Crippen LogP contribution in [-0.4, -0.2) is 34.9 Å². The molecule has 1 saturated heterocycles. The largest absolute Gasteiger partial charge is 0.446 e. The van der Waals surface area contributed by atoms with Gasteiger partial charge in [-0.1, -0.05) is 13.8 Å². The Kier molecular flexibility index (Phi) is 2.88. The summed E-state index contributed by atoms with van der Waals surface area (Å²) >= 11 is 0. The van der Waals surface area contributed by atoms with Crippen LogP contribution in [0, 0.1) is 5.92 Å². The minimum absolute atomic E-state index is 0.373. The summed E-state index contributed by atoms with van der Waals surface area (Å²) in [7, 11) is 0. The van der Waals surface area contributed by atoms with Crippen molar-refractivity contribution in [3.63, 3.8) is 0 Å². The molecule has 2 amide bonds. The molecule has 1 rings (SSSR count). The van der Waals surface area contributed by atoms with Crippen molar-refractivity contribution in [2.24, 2.45) is 5.92 Å². The predicted molar refractivity (Wildman–Crippen MR) is 45.9 cm³/mol. The van der Waals surface area contributed by atoms with Crippen LogP contribution in [0.15, 0.2) is 0 Å². The molecule has 8 heteroatoms. The minimum atomic E-state index is -5.26. The molecule has 0 spiro atoms. The van der Waals surface area contributed by atoms with Gasteiger partial charge in [-0.25, -0.2) is 0 Å². The molecule has 1 aliphatic rings. The number of carbonyl (C=O) groups is 2. The van der Waals surface area contributed by atoms with Crippen LogP contribution in [0.2, 0.25) is 0 Å². The minimum Gasteiger partial charge on any atom is -0.356 e. The monoisotopic (exact) mass is 240 g/mol. The third kappa shape index (κ3) is 1.84. The van der Waals surface area contributed by atoms with Crippen molar-refractivity contribution >= 4 is 11.8 Å². The molecule has 1 heterocycles. The van der Waals surface area contributed by atoms with Crippen LogP contribution in [0.5, 0.6) is 0 Å². The second-order valence-electron chi connectivity index (χ2n) is 3.89. The first-order valence-corrected chi connectivity index (χ1v) is 4.51. The second-order valence-corrected chi connectivity index (χ2v) is 3.89. The van der Waals surface area contributed by atoms with E-state index in [0.717, 1.165) is 0 Å². The summed E-state index contributed by atoms with van der Waals surface area (Å²) in [5, 5.41) is 12.2. The molecule has 1 fully saturated rings. The van der Waals surface area contributed by atoms with E-state index in [4.69, 9.17) is 5.11 Å². The summed E-state index contributed by atoms with van der Waals surface area (Å²) in [6, 6.07) is -1.07. The molecule has 16 heavy (non-hydrogen) atoms. The highest BCUT2D eigenvalue weighted by Crippen LogP contribution is 2.30. The average Bonchev–Trinajstić information content (AvgIpc) is 2.08. The van der Waals surface area contributed by atoms with Gasteiger partial charge >= 0.3 is 11.9 Å². The van der Waals surface area contributed by atoms with Crippen molar-refractivity contribution < 1.29 is 27.9 Å². The van der Waals surface area contributed by atoms with Crippen molar-refractivity contribution in [1.29, 1.82) is 0 Å². The molecule has 0 radical (unpaired) electrons. The Hall–Kier alpha value is -1.31. The van der Waals surface area contributed by atoms with Crippen molar-refractivity contribution in [1.82, 2.24) is 10.6 Å². The molecule has 5 nitrogen and oxygen atoms in total. The molecular weight excluding hydrogens is 229 g/mol. The van der Waals surface area contributed by atoms with E-state index in [1.807, 2.05) is 5.32 Å². The molecule has 92 valence electrons. The van der Waals surface area contributed by atoms with Gasteiger partial charge in [-0.2, -0.15) is 13.2 Å². The number of hydrogen-bond donors (Lipinski definition) is 3. The molecule has 0 aromatic rings. The Labute approximate surface area is 89.0 Å². The highest BCUT2D eigenvalue weighted by Gasteiger charge is 2.64. The maximum atomic E-state index is 12.4. The fourth-order valence-electron chi connectivity index (χ4n) is 1.29. The van der Waals surface area contributed by atoms with Crippen LogP contribution >= 0.6 is 0 Å². The Morgan fingerprint density at radius 3 is 2.25 bits per heavy atom. The van der Waals surface area contributed by atoms with E-state index in [1.54, 1.807) is 13.8 Å². The van der Waals surface area contributed by atoms with Gasteiger partial charge in [0.25, 0.3) is 5.91 Å². The quantitative estimate of drug-likeness (QED) is 0.578. The first kappa shape index (κ1) is 12.8. The van der Waals surface area contributed by atoms with Crippen LogP contribution in [0.1, 0.15) is 13.8 Å². The van der Waals surface area contributed by atoms with Gasteiger partial charge < -0.3 is 15.7 Å². The van der Waals surface area contributed by atoms with Gasteiger partial charge in [0.2, 0.25) is 5.91 Å². The van der Waals surface area contributed by atoms with Gasteiger partial charge in [-0.3, -0.25) is 9.59 Å². The first-order chi connectivity index (χ1) is 7.09. The van der Waals surface area contributed by atoms with E-state index in [9.17, 15) is 22.8 Å². The number of hydrogen-bond acceptors (Lipinski definition) is 3. The van der Waals surface area contributed by atoms with Gasteiger partial charge in [0.1, 0.15) is 6.04 Å². The van der Waals surface area contributed by atoms with Crippen molar-refractivity contribution in [2.75, 3.05) is 0 Å². The number of nitrogens with one attached hydrogen (secondary N) is 2. The zero-order chi connectivity index (χ0) is 12.7. The topological polar surface area (TPSA) is 78.4 Å². The highest BCUT2D eigenvalue weighted by atomic mass is 19.4. The summed E-state index contributed by atoms with van der Waals surface area (Å²) < 4.78 is 37.1. The van der Waals surface area contributed by atoms with E-state index in [0.29, 0.717) is 0 Å². The smallest absolute Gasteiger partial charge is 0.356 e. The maximum Gasteiger partial charge on any atom is 0.446 e. The normalized spacial score (nSPS) is 31.3. The summed E-state index contributed by atoms with van der Waals surface area (Å²) in [6.45, 7) is 3.12. The summed E-state index contributed by atoms with van der Waals surface area (Å²) in [5.41, 5.74) is -3.84. The number of piperazine rings is 1. The van der Waals surface area contributed by atoms with Crippen molar-refractivity contribution in [2.45, 2.75) is 31.8 Å². The van der Waals surface area contributed by atoms with Gasteiger partial charge in [0.05, 0.1) is 0 Å². The van der Waals surface area contributed by atoms with E-state index in [2.05, 4.69) is 0 Å². The first-order valence-electron chi connectivity index (χ1n) is 4.51. The molecule has 0 bridgehead atoms.